The minimum Gasteiger partial charge on any atom is -0.356 e. The Labute approximate surface area is 266 Å². The fraction of sp³-hybridized carbons (Fsp3) is 0.167. The molecule has 6 aromatic rings. The summed E-state index contributed by atoms with van der Waals surface area (Å²) in [5, 5.41) is 0. The van der Waals surface area contributed by atoms with E-state index in [-0.39, 0.29) is 21.7 Å². The molecule has 220 valence electrons. The molecule has 0 atom stereocenters. The van der Waals surface area contributed by atoms with Gasteiger partial charge >= 0.3 is 21.7 Å². The van der Waals surface area contributed by atoms with E-state index in [0.717, 1.165) is 22.8 Å². The third-order valence-electron chi connectivity index (χ3n) is 6.49. The van der Waals surface area contributed by atoms with Crippen LogP contribution in [-0.4, -0.2) is 9.13 Å². The van der Waals surface area contributed by atoms with Crippen LogP contribution in [0.25, 0.3) is 0 Å². The first-order valence-corrected chi connectivity index (χ1v) is 13.5. The summed E-state index contributed by atoms with van der Waals surface area (Å²) in [5.41, 5.74) is 5.12. The van der Waals surface area contributed by atoms with Crippen molar-refractivity contribution in [2.75, 3.05) is 0 Å². The van der Waals surface area contributed by atoms with E-state index in [0.29, 0.717) is 24.2 Å². The van der Waals surface area contributed by atoms with Crippen LogP contribution in [0.1, 0.15) is 33.9 Å². The summed E-state index contributed by atoms with van der Waals surface area (Å²) < 4.78 is 56.1. The summed E-state index contributed by atoms with van der Waals surface area (Å²) in [5.74, 6) is -2.57. The van der Waals surface area contributed by atoms with Gasteiger partial charge in [-0.1, -0.05) is 0 Å². The minimum atomic E-state index is -0.665. The molecule has 0 saturated heterocycles. The van der Waals surface area contributed by atoms with Crippen LogP contribution in [0.2, 0.25) is 0 Å². The zero-order valence-electron chi connectivity index (χ0n) is 24.7. The predicted octanol–water partition coefficient (Wildman–Crippen LogP) is 9.27. The Morgan fingerprint density at radius 3 is 1.05 bits per heavy atom. The van der Waals surface area contributed by atoms with E-state index in [1.807, 2.05) is 134 Å². The Hall–Kier alpha value is -3.87. The first-order valence-electron chi connectivity index (χ1n) is 13.5. The molecule has 0 unspecified atom stereocenters. The van der Waals surface area contributed by atoms with E-state index in [2.05, 4.69) is 0 Å². The summed E-state index contributed by atoms with van der Waals surface area (Å²) in [6.07, 6.45) is 0. The fourth-order valence-electron chi connectivity index (χ4n) is 4.07. The van der Waals surface area contributed by atoms with Gasteiger partial charge in [-0.2, -0.15) is 48.5 Å². The van der Waals surface area contributed by atoms with E-state index in [1.54, 1.807) is 0 Å². The van der Waals surface area contributed by atoms with Crippen molar-refractivity contribution in [3.8, 4) is 0 Å². The van der Waals surface area contributed by atoms with Crippen molar-refractivity contribution < 1.29 is 39.3 Å². The van der Waals surface area contributed by atoms with Gasteiger partial charge in [0.2, 0.25) is 0 Å². The molecule has 2 heterocycles. The molecule has 43 heavy (non-hydrogen) atoms. The topological polar surface area (TPSA) is 9.86 Å². The molecule has 0 aliphatic rings. The van der Waals surface area contributed by atoms with Gasteiger partial charge in [0, 0.05) is 59.1 Å². The van der Waals surface area contributed by atoms with Crippen molar-refractivity contribution in [1.82, 2.24) is 9.13 Å². The Morgan fingerprint density at radius 1 is 0.512 bits per heavy atom. The zero-order chi connectivity index (χ0) is 30.5. The van der Waals surface area contributed by atoms with Crippen LogP contribution >= 0.6 is 0 Å². The van der Waals surface area contributed by atoms with E-state index < -0.39 is 23.3 Å². The molecule has 0 aliphatic heterocycles. The second kappa shape index (κ2) is 17.9. The van der Waals surface area contributed by atoms with Crippen molar-refractivity contribution in [2.24, 2.45) is 0 Å². The molecular formula is C36H34F4N2Ti. The number of hydrogen-bond donors (Lipinski definition) is 0. The van der Waals surface area contributed by atoms with Crippen molar-refractivity contribution in [3.63, 3.8) is 0 Å². The van der Waals surface area contributed by atoms with Crippen molar-refractivity contribution in [2.45, 2.75) is 40.8 Å². The molecule has 0 radical (unpaired) electrons. The van der Waals surface area contributed by atoms with Gasteiger partial charge in [0.05, 0.1) is 0 Å². The Balaban J connectivity index is 0.000000223. The molecule has 2 nitrogen and oxygen atoms in total. The number of halogens is 4. The summed E-state index contributed by atoms with van der Waals surface area (Å²) in [6.45, 7) is 8.65. The number of aryl methyl sites for hydroxylation is 4. The monoisotopic (exact) mass is 618 g/mol. The second-order valence-corrected chi connectivity index (χ2v) is 9.62. The first-order chi connectivity index (χ1) is 20.2. The van der Waals surface area contributed by atoms with Crippen molar-refractivity contribution in [3.05, 3.63) is 178 Å². The number of nitrogens with zero attached hydrogens (tertiary/aromatic N) is 2. The average molecular weight is 619 g/mol. The normalized spacial score (nSPS) is 9.86. The fourth-order valence-corrected chi connectivity index (χ4v) is 4.07. The molecule has 0 aliphatic carbocycles. The third kappa shape index (κ3) is 11.4. The summed E-state index contributed by atoms with van der Waals surface area (Å²) >= 11 is 0. The third-order valence-corrected chi connectivity index (χ3v) is 6.49. The van der Waals surface area contributed by atoms with Gasteiger partial charge in [-0.25, -0.2) is 41.8 Å². The number of aromatic nitrogens is 2. The smallest absolute Gasteiger partial charge is 0.356 e. The molecule has 0 amide bonds. The van der Waals surface area contributed by atoms with Gasteiger partial charge < -0.3 is 9.13 Å². The molecule has 6 rings (SSSR count). The number of rotatable bonds is 4. The average Bonchev–Trinajstić information content (AvgIpc) is 3.79. The van der Waals surface area contributed by atoms with Crippen LogP contribution in [0.15, 0.2) is 109 Å². The summed E-state index contributed by atoms with van der Waals surface area (Å²) in [4.78, 5) is 0. The quantitative estimate of drug-likeness (QED) is 0.106. The molecule has 0 saturated carbocycles. The SMILES string of the molecule is Cc1ccc(C)n1Cc1ccc(F)[c-]c1F.Cc1ccc(C)n1Cc1ccc(F)[c-]c1F.[Ti+4].c1cc[cH-]c1.c1cc[cH-]c1. The van der Waals surface area contributed by atoms with Crippen molar-refractivity contribution in [1.29, 1.82) is 0 Å². The van der Waals surface area contributed by atoms with Gasteiger partial charge in [0.15, 0.2) is 0 Å². The minimum absolute atomic E-state index is 0. The number of benzene rings is 2. The van der Waals surface area contributed by atoms with Crippen LogP contribution in [-0.2, 0) is 34.8 Å². The number of hydrogen-bond acceptors (Lipinski definition) is 0. The molecule has 7 heteroatoms. The maximum Gasteiger partial charge on any atom is 4.00 e. The van der Waals surface area contributed by atoms with E-state index >= 15 is 0 Å². The predicted molar refractivity (Wildman–Crippen MR) is 160 cm³/mol. The van der Waals surface area contributed by atoms with Crippen LogP contribution in [0.4, 0.5) is 17.6 Å². The Kier molecular flexibility index (Phi) is 14.7. The first kappa shape index (κ1) is 35.3. The van der Waals surface area contributed by atoms with Crippen LogP contribution in [0.3, 0.4) is 0 Å². The van der Waals surface area contributed by atoms with E-state index in [1.165, 1.54) is 24.3 Å². The maximum absolute atomic E-state index is 13.4. The molecule has 0 bridgehead atoms. The summed E-state index contributed by atoms with van der Waals surface area (Å²) in [7, 11) is 0. The largest absolute Gasteiger partial charge is 4.00 e. The molecule has 4 aromatic carbocycles. The van der Waals surface area contributed by atoms with Gasteiger partial charge in [-0.15, -0.1) is 35.4 Å². The maximum atomic E-state index is 13.4. The van der Waals surface area contributed by atoms with Gasteiger partial charge in [-0.05, 0) is 52.0 Å². The molecule has 0 spiro atoms. The molecular weight excluding hydrogens is 584 g/mol. The van der Waals surface area contributed by atoms with Gasteiger partial charge in [0.1, 0.15) is 0 Å². The van der Waals surface area contributed by atoms with Crippen molar-refractivity contribution >= 4 is 0 Å². The van der Waals surface area contributed by atoms with Crippen LogP contribution in [0.5, 0.6) is 0 Å². The van der Waals surface area contributed by atoms with Crippen LogP contribution < -0.4 is 0 Å². The summed E-state index contributed by atoms with van der Waals surface area (Å²) in [6, 6.07) is 37.4. The molecule has 2 aromatic heterocycles. The molecule has 0 N–H and O–H groups in total. The molecule has 0 fully saturated rings. The standard InChI is InChI=1S/2C13H12F2N.2C5H5.Ti/c2*1-9-3-4-10(2)16(9)8-11-5-6-12(14)7-13(11)15;2*1-2-4-5-3-1;/h2*3-6H,8H2,1-2H3;2*1-5H;/q4*-1;+4. The second-order valence-electron chi connectivity index (χ2n) is 9.62. The van der Waals surface area contributed by atoms with E-state index in [4.69, 9.17) is 0 Å². The van der Waals surface area contributed by atoms with Crippen LogP contribution in [0, 0.1) is 63.1 Å². The zero-order valence-corrected chi connectivity index (χ0v) is 26.3. The van der Waals surface area contributed by atoms with Gasteiger partial charge in [-0.3, -0.25) is 0 Å². The van der Waals surface area contributed by atoms with Gasteiger partial charge in [0.25, 0.3) is 0 Å². The Bertz CT molecular complexity index is 1420. The Morgan fingerprint density at radius 2 is 0.814 bits per heavy atom. The van der Waals surface area contributed by atoms with E-state index in [9.17, 15) is 17.6 Å².